The molecule has 0 saturated heterocycles. The van der Waals surface area contributed by atoms with Gasteiger partial charge in [0.1, 0.15) is 5.60 Å². The third kappa shape index (κ3) is 6.81. The standard InChI is InChI=1S/C23H30O4/c1-23(2,3)27-22(25)21(26-4)15-18(16-24)14-17-10-12-20(13-11-17)19-8-6-5-7-9-19/h5-13,18,21,24H,14-16H2,1-4H3/t18-,21+/m0/s1. The lowest BCUT2D eigenvalue weighted by molar-refractivity contribution is -0.168. The second-order valence-electron chi connectivity index (χ2n) is 7.81. The van der Waals surface area contributed by atoms with Gasteiger partial charge < -0.3 is 14.6 Å². The number of ether oxygens (including phenoxy) is 2. The molecule has 2 aromatic rings. The first kappa shape index (κ1) is 21.1. The number of carbonyl (C=O) groups is 1. The summed E-state index contributed by atoms with van der Waals surface area (Å²) in [5.41, 5.74) is 2.89. The topological polar surface area (TPSA) is 55.8 Å². The van der Waals surface area contributed by atoms with Gasteiger partial charge in [0.15, 0.2) is 6.10 Å². The van der Waals surface area contributed by atoms with Crippen molar-refractivity contribution in [3.63, 3.8) is 0 Å². The van der Waals surface area contributed by atoms with Crippen LogP contribution in [0, 0.1) is 5.92 Å². The lowest BCUT2D eigenvalue weighted by atomic mass is 9.93. The number of benzene rings is 2. The summed E-state index contributed by atoms with van der Waals surface area (Å²) in [6.07, 6.45) is 0.418. The maximum absolute atomic E-state index is 12.3. The quantitative estimate of drug-likeness (QED) is 0.706. The van der Waals surface area contributed by atoms with E-state index in [1.54, 1.807) is 0 Å². The first-order chi connectivity index (χ1) is 12.8. The average molecular weight is 370 g/mol. The summed E-state index contributed by atoms with van der Waals surface area (Å²) in [5.74, 6) is -0.465. The Bertz CT molecular complexity index is 701. The van der Waals surface area contributed by atoms with Crippen LogP contribution in [0.15, 0.2) is 54.6 Å². The summed E-state index contributed by atoms with van der Waals surface area (Å²) in [4.78, 5) is 12.3. The number of hydrogen-bond donors (Lipinski definition) is 1. The van der Waals surface area contributed by atoms with Gasteiger partial charge in [-0.05, 0) is 56.2 Å². The zero-order valence-electron chi connectivity index (χ0n) is 16.6. The summed E-state index contributed by atoms with van der Waals surface area (Å²) >= 11 is 0. The molecule has 0 amide bonds. The Morgan fingerprint density at radius 2 is 1.59 bits per heavy atom. The fraction of sp³-hybridized carbons (Fsp3) is 0.435. The molecular weight excluding hydrogens is 340 g/mol. The van der Waals surface area contributed by atoms with Gasteiger partial charge in [0.05, 0.1) is 0 Å². The predicted molar refractivity (Wildman–Crippen MR) is 107 cm³/mol. The molecule has 0 aromatic heterocycles. The van der Waals surface area contributed by atoms with Crippen LogP contribution < -0.4 is 0 Å². The molecule has 0 saturated carbocycles. The first-order valence-corrected chi connectivity index (χ1v) is 9.33. The number of aliphatic hydroxyl groups excluding tert-OH is 1. The van der Waals surface area contributed by atoms with E-state index in [1.165, 1.54) is 12.7 Å². The number of aliphatic hydroxyl groups is 1. The maximum Gasteiger partial charge on any atom is 0.335 e. The molecule has 0 bridgehead atoms. The van der Waals surface area contributed by atoms with Crippen molar-refractivity contribution < 1.29 is 19.4 Å². The highest BCUT2D eigenvalue weighted by molar-refractivity contribution is 5.75. The fourth-order valence-electron chi connectivity index (χ4n) is 2.98. The second kappa shape index (κ2) is 9.67. The van der Waals surface area contributed by atoms with Crippen LogP contribution in [-0.4, -0.2) is 36.5 Å². The van der Waals surface area contributed by atoms with E-state index in [0.717, 1.165) is 11.1 Å². The molecule has 2 aromatic carbocycles. The summed E-state index contributed by atoms with van der Waals surface area (Å²) in [6.45, 7) is 5.48. The van der Waals surface area contributed by atoms with Gasteiger partial charge >= 0.3 is 5.97 Å². The predicted octanol–water partition coefficient (Wildman–Crippen LogP) is 4.25. The molecule has 0 radical (unpaired) electrons. The molecule has 4 nitrogen and oxygen atoms in total. The number of esters is 1. The second-order valence-corrected chi connectivity index (χ2v) is 7.81. The number of hydrogen-bond acceptors (Lipinski definition) is 4. The Balaban J connectivity index is 2.00. The number of methoxy groups -OCH3 is 1. The van der Waals surface area contributed by atoms with Gasteiger partial charge in [-0.2, -0.15) is 0 Å². The van der Waals surface area contributed by atoms with Gasteiger partial charge in [0, 0.05) is 13.7 Å². The van der Waals surface area contributed by atoms with Crippen molar-refractivity contribution in [1.82, 2.24) is 0 Å². The summed E-state index contributed by atoms with van der Waals surface area (Å²) in [5, 5.41) is 9.77. The molecule has 0 fully saturated rings. The minimum atomic E-state index is -0.676. The lowest BCUT2D eigenvalue weighted by Gasteiger charge is -2.25. The van der Waals surface area contributed by atoms with Crippen molar-refractivity contribution >= 4 is 5.97 Å². The van der Waals surface area contributed by atoms with E-state index < -0.39 is 11.7 Å². The normalized spacial score (nSPS) is 13.8. The van der Waals surface area contributed by atoms with E-state index in [0.29, 0.717) is 12.8 Å². The smallest absolute Gasteiger partial charge is 0.335 e. The van der Waals surface area contributed by atoms with E-state index in [-0.39, 0.29) is 18.5 Å². The minimum absolute atomic E-state index is 0.0108. The van der Waals surface area contributed by atoms with E-state index >= 15 is 0 Å². The monoisotopic (exact) mass is 370 g/mol. The highest BCUT2D eigenvalue weighted by Gasteiger charge is 2.27. The van der Waals surface area contributed by atoms with Gasteiger partial charge in [0.2, 0.25) is 0 Å². The van der Waals surface area contributed by atoms with Crippen molar-refractivity contribution in [2.45, 2.75) is 45.3 Å². The molecule has 1 N–H and O–H groups in total. The molecule has 0 unspecified atom stereocenters. The molecule has 27 heavy (non-hydrogen) atoms. The molecule has 146 valence electrons. The van der Waals surface area contributed by atoms with Crippen LogP contribution in [0.2, 0.25) is 0 Å². The molecular formula is C23H30O4. The largest absolute Gasteiger partial charge is 0.458 e. The van der Waals surface area contributed by atoms with Crippen molar-refractivity contribution in [1.29, 1.82) is 0 Å². The number of carbonyl (C=O) groups excluding carboxylic acids is 1. The molecule has 0 aliphatic carbocycles. The van der Waals surface area contributed by atoms with Crippen LogP contribution in [0.4, 0.5) is 0 Å². The van der Waals surface area contributed by atoms with Crippen molar-refractivity contribution in [2.75, 3.05) is 13.7 Å². The Morgan fingerprint density at radius 3 is 2.11 bits per heavy atom. The van der Waals surface area contributed by atoms with Crippen molar-refractivity contribution in [3.8, 4) is 11.1 Å². The highest BCUT2D eigenvalue weighted by atomic mass is 16.6. The Morgan fingerprint density at radius 1 is 1.00 bits per heavy atom. The van der Waals surface area contributed by atoms with Crippen molar-refractivity contribution in [3.05, 3.63) is 60.2 Å². The van der Waals surface area contributed by atoms with Crippen molar-refractivity contribution in [2.24, 2.45) is 5.92 Å². The molecule has 0 spiro atoms. The highest BCUT2D eigenvalue weighted by Crippen LogP contribution is 2.22. The van der Waals surface area contributed by atoms with Gasteiger partial charge in [-0.15, -0.1) is 0 Å². The Hall–Kier alpha value is -2.17. The molecule has 4 heteroatoms. The van der Waals surface area contributed by atoms with Crippen LogP contribution >= 0.6 is 0 Å². The summed E-state index contributed by atoms with van der Waals surface area (Å²) in [7, 11) is 1.50. The van der Waals surface area contributed by atoms with Crippen LogP contribution in [0.25, 0.3) is 11.1 Å². The van der Waals surface area contributed by atoms with E-state index in [4.69, 9.17) is 9.47 Å². The minimum Gasteiger partial charge on any atom is -0.458 e. The zero-order chi connectivity index (χ0) is 19.9. The third-order valence-electron chi connectivity index (χ3n) is 4.35. The van der Waals surface area contributed by atoms with E-state index in [1.807, 2.05) is 39.0 Å². The Labute approximate surface area is 162 Å². The molecule has 2 rings (SSSR count). The molecule has 0 aliphatic rings. The zero-order valence-corrected chi connectivity index (χ0v) is 16.6. The lowest BCUT2D eigenvalue weighted by Crippen LogP contribution is -2.35. The molecule has 0 aliphatic heterocycles. The van der Waals surface area contributed by atoms with Gasteiger partial charge in [-0.3, -0.25) is 0 Å². The van der Waals surface area contributed by atoms with Gasteiger partial charge in [-0.1, -0.05) is 54.6 Å². The van der Waals surface area contributed by atoms with Gasteiger partial charge in [-0.25, -0.2) is 4.79 Å². The maximum atomic E-state index is 12.3. The Kier molecular flexibility index (Phi) is 7.57. The van der Waals surface area contributed by atoms with Crippen LogP contribution in [0.3, 0.4) is 0 Å². The van der Waals surface area contributed by atoms with Crippen LogP contribution in [0.5, 0.6) is 0 Å². The fourth-order valence-corrected chi connectivity index (χ4v) is 2.98. The number of rotatable bonds is 8. The summed E-state index contributed by atoms with van der Waals surface area (Å²) < 4.78 is 10.7. The van der Waals surface area contributed by atoms with E-state index in [2.05, 4.69) is 36.4 Å². The SMILES string of the molecule is CO[C@H](C[C@@H](CO)Cc1ccc(-c2ccccc2)cc1)C(=O)OC(C)(C)C. The molecule has 2 atom stereocenters. The van der Waals surface area contributed by atoms with Crippen LogP contribution in [0.1, 0.15) is 32.8 Å². The van der Waals surface area contributed by atoms with E-state index in [9.17, 15) is 9.90 Å². The summed E-state index contributed by atoms with van der Waals surface area (Å²) in [6, 6.07) is 18.5. The van der Waals surface area contributed by atoms with Crippen LogP contribution in [-0.2, 0) is 20.7 Å². The van der Waals surface area contributed by atoms with Gasteiger partial charge in [0.25, 0.3) is 0 Å². The average Bonchev–Trinajstić information content (AvgIpc) is 2.64. The first-order valence-electron chi connectivity index (χ1n) is 9.33. The molecule has 0 heterocycles. The third-order valence-corrected chi connectivity index (χ3v) is 4.35.